The van der Waals surface area contributed by atoms with Gasteiger partial charge in [-0.3, -0.25) is 8.37 Å². The van der Waals surface area contributed by atoms with Crippen molar-refractivity contribution in [3.05, 3.63) is 24.3 Å². The van der Waals surface area contributed by atoms with E-state index in [1.54, 1.807) is 0 Å². The molecule has 0 unspecified atom stereocenters. The summed E-state index contributed by atoms with van der Waals surface area (Å²) in [5.41, 5.74) is 0.531. The molecule has 0 aromatic heterocycles. The van der Waals surface area contributed by atoms with Crippen LogP contribution in [0, 0.1) is 0 Å². The molecular formula is C12H18O7S. The van der Waals surface area contributed by atoms with E-state index in [1.165, 1.54) is 13.8 Å². The zero-order valence-corrected chi connectivity index (χ0v) is 12.3. The minimum absolute atomic E-state index is 0.0640. The minimum Gasteiger partial charge on any atom is -0.460 e. The smallest absolute Gasteiger partial charge is 0.333 e. The van der Waals surface area contributed by atoms with E-state index in [0.29, 0.717) is 0 Å². The third-order valence-corrected chi connectivity index (χ3v) is 2.41. The highest BCUT2D eigenvalue weighted by Gasteiger charge is 2.06. The molecule has 114 valence electrons. The molecule has 0 N–H and O–H groups in total. The number of rotatable bonds is 10. The Hall–Kier alpha value is -1.51. The molecule has 0 fully saturated rings. The first-order valence-corrected chi connectivity index (χ1v) is 6.68. The first-order chi connectivity index (χ1) is 9.34. The fourth-order valence-corrected chi connectivity index (χ4v) is 1.23. The predicted octanol–water partition coefficient (Wildman–Crippen LogP) is 0.837. The summed E-state index contributed by atoms with van der Waals surface area (Å²) in [5.74, 6) is -1.10. The van der Waals surface area contributed by atoms with Crippen LogP contribution in [-0.2, 0) is 38.8 Å². The number of hydrogen-bond acceptors (Lipinski definition) is 7. The first-order valence-electron chi connectivity index (χ1n) is 5.68. The molecular weight excluding hydrogens is 288 g/mol. The molecule has 0 aliphatic rings. The van der Waals surface area contributed by atoms with E-state index in [1.807, 2.05) is 0 Å². The highest BCUT2D eigenvalue weighted by molar-refractivity contribution is 7.75. The van der Waals surface area contributed by atoms with Gasteiger partial charge in [0.1, 0.15) is 26.4 Å². The van der Waals surface area contributed by atoms with Crippen LogP contribution in [0.4, 0.5) is 0 Å². The third kappa shape index (κ3) is 9.42. The van der Waals surface area contributed by atoms with Gasteiger partial charge < -0.3 is 9.47 Å². The second kappa shape index (κ2) is 10.3. The van der Waals surface area contributed by atoms with Gasteiger partial charge >= 0.3 is 23.3 Å². The van der Waals surface area contributed by atoms with Crippen molar-refractivity contribution in [3.8, 4) is 0 Å². The van der Waals surface area contributed by atoms with E-state index >= 15 is 0 Å². The van der Waals surface area contributed by atoms with Gasteiger partial charge in [-0.25, -0.2) is 9.59 Å². The molecule has 0 saturated heterocycles. The quantitative estimate of drug-likeness (QED) is 0.335. The average Bonchev–Trinajstić information content (AvgIpc) is 2.38. The van der Waals surface area contributed by atoms with Gasteiger partial charge in [0.15, 0.2) is 0 Å². The van der Waals surface area contributed by atoms with Crippen LogP contribution in [0.25, 0.3) is 0 Å². The second-order valence-electron chi connectivity index (χ2n) is 3.68. The zero-order valence-electron chi connectivity index (χ0n) is 11.5. The lowest BCUT2D eigenvalue weighted by atomic mass is 10.4. The fourth-order valence-electron chi connectivity index (χ4n) is 0.753. The Morgan fingerprint density at radius 2 is 1.20 bits per heavy atom. The molecule has 20 heavy (non-hydrogen) atoms. The summed E-state index contributed by atoms with van der Waals surface area (Å²) in [6.45, 7) is 9.52. The molecule has 0 aromatic carbocycles. The van der Waals surface area contributed by atoms with Crippen LogP contribution in [0.3, 0.4) is 0 Å². The second-order valence-corrected chi connectivity index (χ2v) is 4.56. The summed E-state index contributed by atoms with van der Waals surface area (Å²) in [6, 6.07) is 0. The highest BCUT2D eigenvalue weighted by Crippen LogP contribution is 1.95. The fraction of sp³-hybridized carbons (Fsp3) is 0.500. The third-order valence-electron chi connectivity index (χ3n) is 1.69. The van der Waals surface area contributed by atoms with Crippen LogP contribution in [0.5, 0.6) is 0 Å². The Labute approximate surface area is 120 Å². The van der Waals surface area contributed by atoms with Crippen molar-refractivity contribution in [2.75, 3.05) is 26.4 Å². The van der Waals surface area contributed by atoms with Crippen molar-refractivity contribution in [2.24, 2.45) is 0 Å². The van der Waals surface area contributed by atoms with Gasteiger partial charge in [-0.15, -0.1) is 0 Å². The lowest BCUT2D eigenvalue weighted by Gasteiger charge is -2.06. The Morgan fingerprint density at radius 1 is 0.850 bits per heavy atom. The molecule has 0 amide bonds. The lowest BCUT2D eigenvalue weighted by Crippen LogP contribution is -2.15. The van der Waals surface area contributed by atoms with Crippen LogP contribution >= 0.6 is 0 Å². The minimum atomic E-state index is -2.00. The summed E-state index contributed by atoms with van der Waals surface area (Å²) >= 11 is -2.00. The van der Waals surface area contributed by atoms with Crippen molar-refractivity contribution in [1.29, 1.82) is 0 Å². The predicted molar refractivity (Wildman–Crippen MR) is 71.6 cm³/mol. The highest BCUT2D eigenvalue weighted by atomic mass is 32.2. The van der Waals surface area contributed by atoms with Crippen molar-refractivity contribution < 1.29 is 31.6 Å². The van der Waals surface area contributed by atoms with Crippen molar-refractivity contribution >= 4 is 23.3 Å². The number of esters is 2. The van der Waals surface area contributed by atoms with Crippen LogP contribution in [-0.4, -0.2) is 42.6 Å². The number of carbonyl (C=O) groups excluding carboxylic acids is 2. The maximum atomic E-state index is 11.2. The van der Waals surface area contributed by atoms with Gasteiger partial charge in [0.2, 0.25) is 0 Å². The number of ether oxygens (including phenoxy) is 2. The summed E-state index contributed by atoms with van der Waals surface area (Å²) in [4.78, 5) is 22.0. The van der Waals surface area contributed by atoms with Gasteiger partial charge in [0.05, 0.1) is 0 Å². The SMILES string of the molecule is C=C(C)C(=O)OCCOS(=O)OCCOC(=O)C(=C)C. The van der Waals surface area contributed by atoms with Gasteiger partial charge in [-0.2, -0.15) is 4.21 Å². The first kappa shape index (κ1) is 18.5. The van der Waals surface area contributed by atoms with Crippen LogP contribution in [0.1, 0.15) is 13.8 Å². The van der Waals surface area contributed by atoms with Crippen LogP contribution in [0.15, 0.2) is 24.3 Å². The maximum absolute atomic E-state index is 11.2. The molecule has 7 nitrogen and oxygen atoms in total. The number of carbonyl (C=O) groups is 2. The standard InChI is InChI=1S/C12H18O7S/c1-9(2)11(13)16-5-7-18-20(15)19-8-6-17-12(14)10(3)4/h1,3,5-8H2,2,4H3. The molecule has 0 saturated carbocycles. The van der Waals surface area contributed by atoms with E-state index in [9.17, 15) is 13.8 Å². The van der Waals surface area contributed by atoms with E-state index in [2.05, 4.69) is 13.2 Å². The van der Waals surface area contributed by atoms with Crippen LogP contribution in [0.2, 0.25) is 0 Å². The van der Waals surface area contributed by atoms with Gasteiger partial charge in [-0.1, -0.05) is 13.2 Å². The molecule has 0 bridgehead atoms. The van der Waals surface area contributed by atoms with E-state index in [4.69, 9.17) is 17.8 Å². The summed E-state index contributed by atoms with van der Waals surface area (Å²) in [7, 11) is 0. The molecule has 0 rings (SSSR count). The summed E-state index contributed by atoms with van der Waals surface area (Å²) < 4.78 is 30.0. The van der Waals surface area contributed by atoms with E-state index in [0.717, 1.165) is 0 Å². The number of hydrogen-bond donors (Lipinski definition) is 0. The largest absolute Gasteiger partial charge is 0.460 e. The van der Waals surface area contributed by atoms with Gasteiger partial charge in [0, 0.05) is 11.1 Å². The molecule has 0 atom stereocenters. The Morgan fingerprint density at radius 3 is 1.50 bits per heavy atom. The van der Waals surface area contributed by atoms with E-state index < -0.39 is 23.3 Å². The molecule has 0 heterocycles. The van der Waals surface area contributed by atoms with Crippen molar-refractivity contribution in [3.63, 3.8) is 0 Å². The van der Waals surface area contributed by atoms with Gasteiger partial charge in [-0.05, 0) is 13.8 Å². The molecule has 8 heteroatoms. The molecule has 0 aliphatic carbocycles. The normalized spacial score (nSPS) is 10.2. The monoisotopic (exact) mass is 306 g/mol. The maximum Gasteiger partial charge on any atom is 0.333 e. The van der Waals surface area contributed by atoms with Crippen LogP contribution < -0.4 is 0 Å². The van der Waals surface area contributed by atoms with E-state index in [-0.39, 0.29) is 37.6 Å². The topological polar surface area (TPSA) is 88.1 Å². The summed E-state index contributed by atoms with van der Waals surface area (Å²) in [6.07, 6.45) is 0. The molecule has 0 aliphatic heterocycles. The van der Waals surface area contributed by atoms with Gasteiger partial charge in [0.25, 0.3) is 0 Å². The lowest BCUT2D eigenvalue weighted by molar-refractivity contribution is -0.140. The Kier molecular flexibility index (Phi) is 9.52. The summed E-state index contributed by atoms with van der Waals surface area (Å²) in [5, 5.41) is 0. The Bertz CT molecular complexity index is 367. The average molecular weight is 306 g/mol. The van der Waals surface area contributed by atoms with Crippen molar-refractivity contribution in [2.45, 2.75) is 13.8 Å². The molecule has 0 aromatic rings. The zero-order chi connectivity index (χ0) is 15.5. The molecule has 0 spiro atoms. The molecule has 0 radical (unpaired) electrons. The Balaban J connectivity index is 3.55. The van der Waals surface area contributed by atoms with Crippen molar-refractivity contribution in [1.82, 2.24) is 0 Å².